The van der Waals surface area contributed by atoms with Gasteiger partial charge in [0.25, 0.3) is 0 Å². The molecule has 2 atom stereocenters. The van der Waals surface area contributed by atoms with Gasteiger partial charge in [0.05, 0.1) is 11.4 Å². The highest BCUT2D eigenvalue weighted by atomic mass is 32.2. The lowest BCUT2D eigenvalue weighted by Gasteiger charge is -2.35. The number of likely N-dealkylation sites (tertiary alicyclic amines) is 1. The molecule has 2 fully saturated rings. The number of hydrogen-bond donors (Lipinski definition) is 1. The first-order valence-corrected chi connectivity index (χ1v) is 8.94. The molecule has 114 valence electrons. The number of aliphatic hydroxyl groups is 1. The minimum Gasteiger partial charge on any atom is -0.388 e. The van der Waals surface area contributed by atoms with Crippen molar-refractivity contribution >= 4 is 17.7 Å². The van der Waals surface area contributed by atoms with Crippen LogP contribution in [0.4, 0.5) is 0 Å². The first-order chi connectivity index (χ1) is 10.3. The monoisotopic (exact) mass is 305 g/mol. The minimum atomic E-state index is -0.399. The summed E-state index contributed by atoms with van der Waals surface area (Å²) in [5.74, 6) is 1.72. The van der Waals surface area contributed by atoms with Crippen molar-refractivity contribution in [3.05, 3.63) is 35.9 Å². The first kappa shape index (κ1) is 14.9. The predicted molar refractivity (Wildman–Crippen MR) is 86.2 cm³/mol. The molecule has 1 aromatic rings. The van der Waals surface area contributed by atoms with E-state index in [1.165, 1.54) is 6.42 Å². The molecule has 0 bridgehead atoms. The van der Waals surface area contributed by atoms with Crippen molar-refractivity contribution in [2.75, 3.05) is 18.8 Å². The second-order valence-corrected chi connectivity index (χ2v) is 7.33. The Kier molecular flexibility index (Phi) is 4.86. The Morgan fingerprint density at radius 2 is 1.90 bits per heavy atom. The fraction of sp³-hybridized carbons (Fsp3) is 0.588. The molecular weight excluding hydrogens is 282 g/mol. The van der Waals surface area contributed by atoms with E-state index in [1.54, 1.807) is 0 Å². The van der Waals surface area contributed by atoms with Gasteiger partial charge in [0.15, 0.2) is 0 Å². The van der Waals surface area contributed by atoms with E-state index in [0.29, 0.717) is 5.91 Å². The molecule has 0 spiro atoms. The van der Waals surface area contributed by atoms with Crippen LogP contribution < -0.4 is 0 Å². The second-order valence-electron chi connectivity index (χ2n) is 6.02. The molecule has 2 saturated heterocycles. The summed E-state index contributed by atoms with van der Waals surface area (Å²) >= 11 is 1.81. The molecule has 21 heavy (non-hydrogen) atoms. The topological polar surface area (TPSA) is 40.5 Å². The predicted octanol–water partition coefficient (Wildman–Crippen LogP) is 2.85. The van der Waals surface area contributed by atoms with Gasteiger partial charge in [-0.2, -0.15) is 0 Å². The molecule has 2 unspecified atom stereocenters. The highest BCUT2D eigenvalue weighted by Gasteiger charge is 2.32. The highest BCUT2D eigenvalue weighted by Crippen LogP contribution is 2.33. The quantitative estimate of drug-likeness (QED) is 0.933. The van der Waals surface area contributed by atoms with Crippen LogP contribution in [0.2, 0.25) is 0 Å². The summed E-state index contributed by atoms with van der Waals surface area (Å²) in [4.78, 5) is 14.4. The van der Waals surface area contributed by atoms with Gasteiger partial charge in [-0.25, -0.2) is 0 Å². The average molecular weight is 305 g/mol. The van der Waals surface area contributed by atoms with Crippen LogP contribution in [0.3, 0.4) is 0 Å². The van der Waals surface area contributed by atoms with Crippen molar-refractivity contribution in [1.29, 1.82) is 0 Å². The van der Waals surface area contributed by atoms with Crippen LogP contribution in [0.5, 0.6) is 0 Å². The number of hydrogen-bond acceptors (Lipinski definition) is 3. The fourth-order valence-corrected chi connectivity index (χ4v) is 4.58. The number of benzene rings is 1. The fourth-order valence-electron chi connectivity index (χ4n) is 3.33. The Bertz CT molecular complexity index is 465. The molecule has 0 radical (unpaired) electrons. The molecule has 2 aliphatic heterocycles. The Morgan fingerprint density at radius 3 is 2.52 bits per heavy atom. The van der Waals surface area contributed by atoms with E-state index in [-0.39, 0.29) is 11.2 Å². The van der Waals surface area contributed by atoms with Crippen LogP contribution in [0.25, 0.3) is 0 Å². The lowest BCUT2D eigenvalue weighted by molar-refractivity contribution is -0.132. The Hall–Kier alpha value is -1.00. The van der Waals surface area contributed by atoms with Gasteiger partial charge in [0.2, 0.25) is 5.91 Å². The smallest absolute Gasteiger partial charge is 0.235 e. The normalized spacial score (nSPS) is 25.0. The molecular formula is C17H23NO2S. The average Bonchev–Trinajstić information content (AvgIpc) is 3.09. The summed E-state index contributed by atoms with van der Waals surface area (Å²) in [6.07, 6.45) is 3.61. The van der Waals surface area contributed by atoms with Gasteiger partial charge in [0, 0.05) is 13.1 Å². The molecule has 3 rings (SSSR count). The van der Waals surface area contributed by atoms with Crippen molar-refractivity contribution in [1.82, 2.24) is 4.90 Å². The van der Waals surface area contributed by atoms with E-state index in [0.717, 1.165) is 43.7 Å². The number of nitrogens with zero attached hydrogens (tertiary/aromatic N) is 1. The molecule has 0 aromatic heterocycles. The molecule has 1 amide bonds. The van der Waals surface area contributed by atoms with E-state index in [1.807, 2.05) is 47.0 Å². The van der Waals surface area contributed by atoms with Crippen molar-refractivity contribution in [2.24, 2.45) is 5.92 Å². The molecule has 1 aromatic carbocycles. The van der Waals surface area contributed by atoms with Gasteiger partial charge in [-0.15, -0.1) is 11.8 Å². The molecule has 1 N–H and O–H groups in total. The van der Waals surface area contributed by atoms with Crippen molar-refractivity contribution in [3.63, 3.8) is 0 Å². The number of carbonyl (C=O) groups is 1. The van der Waals surface area contributed by atoms with Crippen LogP contribution >= 0.6 is 11.8 Å². The maximum atomic E-state index is 12.4. The van der Waals surface area contributed by atoms with Gasteiger partial charge in [-0.1, -0.05) is 30.3 Å². The number of rotatable bonds is 3. The number of piperidine rings is 1. The lowest BCUT2D eigenvalue weighted by Crippen LogP contribution is -2.43. The number of amides is 1. The van der Waals surface area contributed by atoms with Gasteiger partial charge in [-0.05, 0) is 42.9 Å². The second kappa shape index (κ2) is 6.84. The number of aliphatic hydroxyl groups excluding tert-OH is 1. The third-order valence-electron chi connectivity index (χ3n) is 4.64. The van der Waals surface area contributed by atoms with Crippen LogP contribution in [-0.4, -0.2) is 40.0 Å². The zero-order valence-electron chi connectivity index (χ0n) is 12.3. The Labute approximate surface area is 130 Å². The minimum absolute atomic E-state index is 0.195. The lowest BCUT2D eigenvalue weighted by atomic mass is 9.87. The number of thioether (sulfide) groups is 1. The molecule has 4 heteroatoms. The third-order valence-corrected chi connectivity index (χ3v) is 6.01. The highest BCUT2D eigenvalue weighted by molar-refractivity contribution is 8.00. The standard InChI is InChI=1S/C17H23NO2S/c19-16(13-5-2-1-3-6-13)14-8-10-18(11-9-14)17(20)15-7-4-12-21-15/h1-3,5-6,14-16,19H,4,7-12H2. The summed E-state index contributed by atoms with van der Waals surface area (Å²) in [5.41, 5.74) is 0.994. The van der Waals surface area contributed by atoms with E-state index >= 15 is 0 Å². The van der Waals surface area contributed by atoms with Crippen LogP contribution in [0.15, 0.2) is 30.3 Å². The van der Waals surface area contributed by atoms with E-state index < -0.39 is 6.10 Å². The molecule has 0 saturated carbocycles. The van der Waals surface area contributed by atoms with Crippen LogP contribution in [0.1, 0.15) is 37.4 Å². The van der Waals surface area contributed by atoms with Crippen LogP contribution in [0, 0.1) is 5.92 Å². The molecule has 3 nitrogen and oxygen atoms in total. The Morgan fingerprint density at radius 1 is 1.19 bits per heavy atom. The summed E-state index contributed by atoms with van der Waals surface area (Å²) in [7, 11) is 0. The maximum absolute atomic E-state index is 12.4. The summed E-state index contributed by atoms with van der Waals surface area (Å²) < 4.78 is 0. The summed E-state index contributed by atoms with van der Waals surface area (Å²) in [6, 6.07) is 9.87. The van der Waals surface area contributed by atoms with E-state index in [4.69, 9.17) is 0 Å². The zero-order chi connectivity index (χ0) is 14.7. The number of carbonyl (C=O) groups excluding carboxylic acids is 1. The van der Waals surface area contributed by atoms with Crippen LogP contribution in [-0.2, 0) is 4.79 Å². The summed E-state index contributed by atoms with van der Waals surface area (Å²) in [5, 5.41) is 10.7. The van der Waals surface area contributed by atoms with Crippen molar-refractivity contribution in [3.8, 4) is 0 Å². The molecule has 2 heterocycles. The third kappa shape index (κ3) is 3.43. The van der Waals surface area contributed by atoms with Gasteiger partial charge < -0.3 is 10.0 Å². The SMILES string of the molecule is O=C(C1CCCS1)N1CCC(C(O)c2ccccc2)CC1. The molecule has 0 aliphatic carbocycles. The van der Waals surface area contributed by atoms with Gasteiger partial charge in [-0.3, -0.25) is 4.79 Å². The first-order valence-electron chi connectivity index (χ1n) is 7.89. The van der Waals surface area contributed by atoms with Gasteiger partial charge >= 0.3 is 0 Å². The zero-order valence-corrected chi connectivity index (χ0v) is 13.1. The van der Waals surface area contributed by atoms with Gasteiger partial charge in [0.1, 0.15) is 0 Å². The maximum Gasteiger partial charge on any atom is 0.235 e. The van der Waals surface area contributed by atoms with Crippen molar-refractivity contribution in [2.45, 2.75) is 37.0 Å². The summed E-state index contributed by atoms with van der Waals surface area (Å²) in [6.45, 7) is 1.59. The molecule has 2 aliphatic rings. The van der Waals surface area contributed by atoms with E-state index in [2.05, 4.69) is 0 Å². The van der Waals surface area contributed by atoms with Crippen molar-refractivity contribution < 1.29 is 9.90 Å². The Balaban J connectivity index is 1.54. The largest absolute Gasteiger partial charge is 0.388 e. The van der Waals surface area contributed by atoms with E-state index in [9.17, 15) is 9.90 Å².